The van der Waals surface area contributed by atoms with E-state index < -0.39 is 11.7 Å². The normalized spacial score (nSPS) is 17.8. The second kappa shape index (κ2) is 11.1. The van der Waals surface area contributed by atoms with Gasteiger partial charge in [0.25, 0.3) is 0 Å². The molecule has 0 aliphatic carbocycles. The maximum absolute atomic E-state index is 13.6. The van der Waals surface area contributed by atoms with Gasteiger partial charge in [-0.2, -0.15) is 28.5 Å². The highest BCUT2D eigenvalue weighted by atomic mass is 19.4. The Labute approximate surface area is 207 Å². The third kappa shape index (κ3) is 6.23. The van der Waals surface area contributed by atoms with Crippen LogP contribution < -0.4 is 10.6 Å². The van der Waals surface area contributed by atoms with Crippen LogP contribution in [-0.4, -0.2) is 75.2 Å². The van der Waals surface area contributed by atoms with Crippen molar-refractivity contribution in [1.82, 2.24) is 29.5 Å². The molecule has 0 aromatic carbocycles. The molecule has 0 saturated carbocycles. The van der Waals surface area contributed by atoms with E-state index in [1.54, 1.807) is 15.8 Å². The Morgan fingerprint density at radius 2 is 2.00 bits per heavy atom. The molecule has 2 aromatic rings. The highest BCUT2D eigenvalue weighted by molar-refractivity contribution is 5.76. The molecule has 0 atom stereocenters. The van der Waals surface area contributed by atoms with Crippen molar-refractivity contribution < 1.29 is 18.0 Å². The standard InChI is InChI=1S/C23H30F3N9O/c1-33-11-6-16(7-12-33)35-15-19(18(13-27)32-35)30-22-29-14-17(23(24,25)26)21(31-22)28-8-4-10-34-9-3-2-5-20(34)36/h14-16H,2-12H2,1H3,(H2,28,29,30,31). The van der Waals surface area contributed by atoms with Crippen molar-refractivity contribution in [2.45, 2.75) is 50.7 Å². The van der Waals surface area contributed by atoms with Gasteiger partial charge in [-0.3, -0.25) is 9.48 Å². The smallest absolute Gasteiger partial charge is 0.369 e. The largest absolute Gasteiger partial charge is 0.421 e. The number of rotatable bonds is 8. The summed E-state index contributed by atoms with van der Waals surface area (Å²) in [7, 11) is 2.05. The van der Waals surface area contributed by atoms with Crippen molar-refractivity contribution in [1.29, 1.82) is 5.26 Å². The first-order chi connectivity index (χ1) is 17.2. The lowest BCUT2D eigenvalue weighted by Gasteiger charge is -2.28. The number of carbonyl (C=O) groups excluding carboxylic acids is 1. The number of carbonyl (C=O) groups is 1. The lowest BCUT2D eigenvalue weighted by Crippen LogP contribution is -2.36. The van der Waals surface area contributed by atoms with Gasteiger partial charge in [-0.15, -0.1) is 0 Å². The third-order valence-electron chi connectivity index (χ3n) is 6.56. The Kier molecular flexibility index (Phi) is 7.93. The molecule has 2 N–H and O–H groups in total. The van der Waals surface area contributed by atoms with E-state index in [4.69, 9.17) is 0 Å². The molecule has 194 valence electrons. The molecule has 4 heterocycles. The lowest BCUT2D eigenvalue weighted by atomic mass is 10.1. The zero-order chi connectivity index (χ0) is 25.7. The van der Waals surface area contributed by atoms with Crippen LogP contribution in [0, 0.1) is 11.3 Å². The number of nitrogens with zero attached hydrogens (tertiary/aromatic N) is 7. The molecule has 0 radical (unpaired) electrons. The molecule has 0 unspecified atom stereocenters. The number of nitriles is 1. The molecule has 2 saturated heterocycles. The molecule has 2 aliphatic rings. The third-order valence-corrected chi connectivity index (χ3v) is 6.56. The second-order valence-corrected chi connectivity index (χ2v) is 9.21. The van der Waals surface area contributed by atoms with Crippen LogP contribution in [0.25, 0.3) is 0 Å². The Bertz CT molecular complexity index is 1100. The van der Waals surface area contributed by atoms with Gasteiger partial charge in [-0.1, -0.05) is 0 Å². The van der Waals surface area contributed by atoms with E-state index in [9.17, 15) is 23.2 Å². The number of piperidine rings is 2. The summed E-state index contributed by atoms with van der Waals surface area (Å²) < 4.78 is 42.4. The molecule has 4 rings (SSSR count). The van der Waals surface area contributed by atoms with Crippen LogP contribution >= 0.6 is 0 Å². The van der Waals surface area contributed by atoms with Crippen LogP contribution in [0.2, 0.25) is 0 Å². The van der Waals surface area contributed by atoms with Crippen molar-refractivity contribution >= 4 is 23.4 Å². The average molecular weight is 506 g/mol. The van der Waals surface area contributed by atoms with Gasteiger partial charge in [0.1, 0.15) is 17.5 Å². The molecule has 0 bridgehead atoms. The molecule has 2 aromatic heterocycles. The predicted octanol–water partition coefficient (Wildman–Crippen LogP) is 3.39. The summed E-state index contributed by atoms with van der Waals surface area (Å²) in [6.45, 7) is 3.20. The van der Waals surface area contributed by atoms with Crippen molar-refractivity contribution in [2.75, 3.05) is 50.4 Å². The fraction of sp³-hybridized carbons (Fsp3) is 0.609. The zero-order valence-corrected chi connectivity index (χ0v) is 20.2. The molecule has 0 spiro atoms. The van der Waals surface area contributed by atoms with Gasteiger partial charge in [0.2, 0.25) is 11.9 Å². The Balaban J connectivity index is 1.45. The van der Waals surface area contributed by atoms with Crippen molar-refractivity contribution in [3.05, 3.63) is 23.7 Å². The maximum atomic E-state index is 13.6. The fourth-order valence-electron chi connectivity index (χ4n) is 4.49. The number of hydrogen-bond donors (Lipinski definition) is 2. The summed E-state index contributed by atoms with van der Waals surface area (Å²) in [5.74, 6) is -0.345. The van der Waals surface area contributed by atoms with E-state index in [2.05, 4.69) is 30.6 Å². The van der Waals surface area contributed by atoms with Gasteiger partial charge in [0.05, 0.1) is 17.9 Å². The van der Waals surface area contributed by atoms with Crippen LogP contribution in [0.3, 0.4) is 0 Å². The fourth-order valence-corrected chi connectivity index (χ4v) is 4.49. The van der Waals surface area contributed by atoms with Crippen LogP contribution in [-0.2, 0) is 11.0 Å². The molecule has 13 heteroatoms. The summed E-state index contributed by atoms with van der Waals surface area (Å²) >= 11 is 0. The second-order valence-electron chi connectivity index (χ2n) is 9.21. The zero-order valence-electron chi connectivity index (χ0n) is 20.2. The summed E-state index contributed by atoms with van der Waals surface area (Å²) in [5.41, 5.74) is -0.520. The monoisotopic (exact) mass is 505 g/mol. The van der Waals surface area contributed by atoms with E-state index in [1.165, 1.54) is 0 Å². The van der Waals surface area contributed by atoms with Gasteiger partial charge in [-0.05, 0) is 52.2 Å². The average Bonchev–Trinajstić information content (AvgIpc) is 3.25. The van der Waals surface area contributed by atoms with Gasteiger partial charge in [0.15, 0.2) is 5.69 Å². The van der Waals surface area contributed by atoms with Crippen LogP contribution in [0.5, 0.6) is 0 Å². The Morgan fingerprint density at radius 3 is 2.69 bits per heavy atom. The van der Waals surface area contributed by atoms with Crippen LogP contribution in [0.4, 0.5) is 30.6 Å². The Hall–Kier alpha value is -3.40. The highest BCUT2D eigenvalue weighted by Crippen LogP contribution is 2.34. The Morgan fingerprint density at radius 1 is 1.22 bits per heavy atom. The van der Waals surface area contributed by atoms with Crippen molar-refractivity contribution in [3.8, 4) is 6.07 Å². The van der Waals surface area contributed by atoms with Crippen LogP contribution in [0.15, 0.2) is 12.4 Å². The van der Waals surface area contributed by atoms with Crippen LogP contribution in [0.1, 0.15) is 55.8 Å². The summed E-state index contributed by atoms with van der Waals surface area (Å²) in [6.07, 6.45) is 2.36. The molecule has 2 fully saturated rings. The SMILES string of the molecule is CN1CCC(n2cc(Nc3ncc(C(F)(F)F)c(NCCCN4CCCCC4=O)n3)c(C#N)n2)CC1. The first kappa shape index (κ1) is 25.7. The molecule has 1 amide bonds. The first-order valence-electron chi connectivity index (χ1n) is 12.2. The summed E-state index contributed by atoms with van der Waals surface area (Å²) in [6, 6.07) is 2.16. The number of halogens is 3. The van der Waals surface area contributed by atoms with E-state index in [0.717, 1.165) is 45.0 Å². The van der Waals surface area contributed by atoms with Crippen molar-refractivity contribution in [2.24, 2.45) is 0 Å². The quantitative estimate of drug-likeness (QED) is 0.525. The van der Waals surface area contributed by atoms with E-state index in [1.807, 2.05) is 13.1 Å². The first-order valence-corrected chi connectivity index (χ1v) is 12.2. The molecular weight excluding hydrogens is 475 g/mol. The van der Waals surface area contributed by atoms with Crippen molar-refractivity contribution in [3.63, 3.8) is 0 Å². The number of nitrogens with one attached hydrogen (secondary N) is 2. The van der Waals surface area contributed by atoms with Gasteiger partial charge < -0.3 is 20.4 Å². The summed E-state index contributed by atoms with van der Waals surface area (Å²) in [4.78, 5) is 23.8. The lowest BCUT2D eigenvalue weighted by molar-refractivity contribution is -0.137. The number of aromatic nitrogens is 4. The number of anilines is 3. The van der Waals surface area contributed by atoms with E-state index in [-0.39, 0.29) is 36.0 Å². The molecule has 2 aliphatic heterocycles. The van der Waals surface area contributed by atoms with E-state index >= 15 is 0 Å². The summed E-state index contributed by atoms with van der Waals surface area (Å²) in [5, 5.41) is 19.5. The number of hydrogen-bond acceptors (Lipinski definition) is 8. The predicted molar refractivity (Wildman–Crippen MR) is 127 cm³/mol. The maximum Gasteiger partial charge on any atom is 0.421 e. The van der Waals surface area contributed by atoms with E-state index in [0.29, 0.717) is 31.6 Å². The molecule has 10 nitrogen and oxygen atoms in total. The van der Waals surface area contributed by atoms with Gasteiger partial charge in [0, 0.05) is 32.3 Å². The molecular formula is C23H30F3N9O. The minimum absolute atomic E-state index is 0.0730. The van der Waals surface area contributed by atoms with Gasteiger partial charge in [-0.25, -0.2) is 4.98 Å². The number of amides is 1. The number of alkyl halides is 3. The highest BCUT2D eigenvalue weighted by Gasteiger charge is 2.35. The minimum atomic E-state index is -4.64. The number of likely N-dealkylation sites (tertiary alicyclic amines) is 2. The van der Waals surface area contributed by atoms with Gasteiger partial charge >= 0.3 is 6.18 Å². The molecule has 36 heavy (non-hydrogen) atoms. The topological polar surface area (TPSA) is 115 Å². The minimum Gasteiger partial charge on any atom is -0.369 e.